The van der Waals surface area contributed by atoms with Crippen molar-refractivity contribution in [3.8, 4) is 0 Å². The summed E-state index contributed by atoms with van der Waals surface area (Å²) in [6.45, 7) is 3.04. The van der Waals surface area contributed by atoms with Crippen molar-refractivity contribution in [3.63, 3.8) is 0 Å². The van der Waals surface area contributed by atoms with Crippen LogP contribution < -0.4 is 9.62 Å². The molecule has 5 nitrogen and oxygen atoms in total. The minimum absolute atomic E-state index is 0.0321. The van der Waals surface area contributed by atoms with Gasteiger partial charge in [-0.25, -0.2) is 8.42 Å². The highest BCUT2D eigenvalue weighted by Crippen LogP contribution is 2.22. The molecule has 0 saturated carbocycles. The van der Waals surface area contributed by atoms with Gasteiger partial charge in [0.1, 0.15) is 0 Å². The monoisotopic (exact) mass is 332 g/mol. The molecule has 122 valence electrons. The van der Waals surface area contributed by atoms with Crippen molar-refractivity contribution in [2.75, 3.05) is 35.9 Å². The van der Waals surface area contributed by atoms with Crippen molar-refractivity contribution in [1.82, 2.24) is 0 Å². The summed E-state index contributed by atoms with van der Waals surface area (Å²) < 4.78 is 32.6. The van der Waals surface area contributed by atoms with Gasteiger partial charge in [0.2, 0.25) is 10.0 Å². The Hall–Kier alpha value is -2.05. The molecule has 0 bridgehead atoms. The normalized spacial score (nSPS) is 15.4. The first-order valence-electron chi connectivity index (χ1n) is 7.60. The highest BCUT2D eigenvalue weighted by Gasteiger charge is 2.14. The van der Waals surface area contributed by atoms with Gasteiger partial charge in [0.25, 0.3) is 0 Å². The van der Waals surface area contributed by atoms with Gasteiger partial charge in [0.05, 0.1) is 24.7 Å². The summed E-state index contributed by atoms with van der Waals surface area (Å²) in [6.07, 6.45) is 0. The summed E-state index contributed by atoms with van der Waals surface area (Å²) in [5, 5.41) is 0. The SMILES string of the molecule is O=S(=O)(Cc1ccccc1)Nc1cccc(N2CCOCC2)c1. The van der Waals surface area contributed by atoms with E-state index in [4.69, 9.17) is 4.74 Å². The Morgan fingerprint density at radius 1 is 1.00 bits per heavy atom. The van der Waals surface area contributed by atoms with Gasteiger partial charge in [0, 0.05) is 18.8 Å². The van der Waals surface area contributed by atoms with Gasteiger partial charge in [0.15, 0.2) is 0 Å². The topological polar surface area (TPSA) is 58.6 Å². The van der Waals surface area contributed by atoms with E-state index in [1.54, 1.807) is 6.07 Å². The molecule has 1 heterocycles. The number of ether oxygens (including phenoxy) is 1. The molecule has 1 saturated heterocycles. The Morgan fingerprint density at radius 2 is 1.74 bits per heavy atom. The first-order valence-corrected chi connectivity index (χ1v) is 9.25. The predicted octanol–water partition coefficient (Wildman–Crippen LogP) is 2.47. The van der Waals surface area contributed by atoms with Crippen LogP contribution in [0.25, 0.3) is 0 Å². The Balaban J connectivity index is 1.72. The third-order valence-electron chi connectivity index (χ3n) is 3.70. The number of rotatable bonds is 5. The van der Waals surface area contributed by atoms with E-state index in [9.17, 15) is 8.42 Å². The number of benzene rings is 2. The summed E-state index contributed by atoms with van der Waals surface area (Å²) >= 11 is 0. The smallest absolute Gasteiger partial charge is 0.236 e. The van der Waals surface area contributed by atoms with Crippen LogP contribution in [-0.2, 0) is 20.5 Å². The maximum atomic E-state index is 12.3. The molecule has 6 heteroatoms. The summed E-state index contributed by atoms with van der Waals surface area (Å²) in [7, 11) is -3.43. The van der Waals surface area contributed by atoms with Gasteiger partial charge in [-0.2, -0.15) is 0 Å². The van der Waals surface area contributed by atoms with Crippen LogP contribution in [0, 0.1) is 0 Å². The van der Waals surface area contributed by atoms with Gasteiger partial charge in [-0.15, -0.1) is 0 Å². The highest BCUT2D eigenvalue weighted by molar-refractivity contribution is 7.91. The third-order valence-corrected chi connectivity index (χ3v) is 4.96. The molecule has 1 N–H and O–H groups in total. The maximum Gasteiger partial charge on any atom is 0.236 e. The molecule has 2 aromatic carbocycles. The molecule has 1 aliphatic rings. The largest absolute Gasteiger partial charge is 0.378 e. The fourth-order valence-electron chi connectivity index (χ4n) is 2.60. The number of hydrogen-bond donors (Lipinski definition) is 1. The second-order valence-electron chi connectivity index (χ2n) is 5.50. The molecule has 0 aliphatic carbocycles. The Labute approximate surface area is 136 Å². The van der Waals surface area contributed by atoms with Crippen molar-refractivity contribution >= 4 is 21.4 Å². The Bertz CT molecular complexity index is 741. The van der Waals surface area contributed by atoms with Crippen LogP contribution >= 0.6 is 0 Å². The first-order chi connectivity index (χ1) is 11.1. The Kier molecular flexibility index (Phi) is 4.83. The van der Waals surface area contributed by atoms with E-state index < -0.39 is 10.0 Å². The van der Waals surface area contributed by atoms with Gasteiger partial charge in [-0.1, -0.05) is 36.4 Å². The molecule has 0 spiro atoms. The zero-order valence-electron chi connectivity index (χ0n) is 12.8. The molecule has 0 radical (unpaired) electrons. The quantitative estimate of drug-likeness (QED) is 0.914. The lowest BCUT2D eigenvalue weighted by atomic mass is 10.2. The molecule has 3 rings (SSSR count). The lowest BCUT2D eigenvalue weighted by Gasteiger charge is -2.29. The lowest BCUT2D eigenvalue weighted by Crippen LogP contribution is -2.36. The fraction of sp³-hybridized carbons (Fsp3) is 0.294. The number of nitrogens with zero attached hydrogens (tertiary/aromatic N) is 1. The maximum absolute atomic E-state index is 12.3. The van der Waals surface area contributed by atoms with E-state index in [1.165, 1.54) is 0 Å². The molecular formula is C17H20N2O3S. The van der Waals surface area contributed by atoms with Gasteiger partial charge >= 0.3 is 0 Å². The van der Waals surface area contributed by atoms with E-state index in [2.05, 4.69) is 9.62 Å². The van der Waals surface area contributed by atoms with Crippen molar-refractivity contribution in [2.24, 2.45) is 0 Å². The zero-order chi connectivity index (χ0) is 16.1. The molecule has 2 aromatic rings. The van der Waals surface area contributed by atoms with E-state index in [0.29, 0.717) is 18.9 Å². The molecule has 23 heavy (non-hydrogen) atoms. The van der Waals surface area contributed by atoms with Crippen LogP contribution in [0.2, 0.25) is 0 Å². The second-order valence-corrected chi connectivity index (χ2v) is 7.22. The van der Waals surface area contributed by atoms with E-state index >= 15 is 0 Å². The number of hydrogen-bond acceptors (Lipinski definition) is 4. The minimum atomic E-state index is -3.43. The number of nitrogens with one attached hydrogen (secondary N) is 1. The molecule has 0 aromatic heterocycles. The molecule has 0 unspecified atom stereocenters. The number of morpholine rings is 1. The fourth-order valence-corrected chi connectivity index (χ4v) is 3.79. The van der Waals surface area contributed by atoms with Crippen LogP contribution in [0.1, 0.15) is 5.56 Å². The van der Waals surface area contributed by atoms with Crippen LogP contribution in [0.5, 0.6) is 0 Å². The van der Waals surface area contributed by atoms with E-state index in [0.717, 1.165) is 24.3 Å². The van der Waals surface area contributed by atoms with Crippen molar-refractivity contribution < 1.29 is 13.2 Å². The van der Waals surface area contributed by atoms with Crippen LogP contribution in [-0.4, -0.2) is 34.7 Å². The van der Waals surface area contributed by atoms with E-state index in [1.807, 2.05) is 48.5 Å². The number of sulfonamides is 1. The molecule has 0 amide bonds. The van der Waals surface area contributed by atoms with Gasteiger partial charge < -0.3 is 9.64 Å². The molecular weight excluding hydrogens is 312 g/mol. The average Bonchev–Trinajstić information content (AvgIpc) is 2.56. The van der Waals surface area contributed by atoms with Crippen molar-refractivity contribution in [1.29, 1.82) is 0 Å². The van der Waals surface area contributed by atoms with E-state index in [-0.39, 0.29) is 5.75 Å². The summed E-state index contributed by atoms with van der Waals surface area (Å²) in [5.74, 6) is -0.0321. The second kappa shape index (κ2) is 7.02. The Morgan fingerprint density at radius 3 is 2.48 bits per heavy atom. The van der Waals surface area contributed by atoms with Crippen molar-refractivity contribution in [2.45, 2.75) is 5.75 Å². The van der Waals surface area contributed by atoms with Crippen LogP contribution in [0.15, 0.2) is 54.6 Å². The lowest BCUT2D eigenvalue weighted by molar-refractivity contribution is 0.122. The van der Waals surface area contributed by atoms with Gasteiger partial charge in [-0.3, -0.25) is 4.72 Å². The molecule has 1 fully saturated rings. The van der Waals surface area contributed by atoms with Crippen LogP contribution in [0.3, 0.4) is 0 Å². The highest BCUT2D eigenvalue weighted by atomic mass is 32.2. The number of anilines is 2. The molecule has 0 atom stereocenters. The first kappa shape index (κ1) is 15.8. The zero-order valence-corrected chi connectivity index (χ0v) is 13.6. The van der Waals surface area contributed by atoms with Crippen molar-refractivity contribution in [3.05, 3.63) is 60.2 Å². The standard InChI is InChI=1S/C17H20N2O3S/c20-23(21,14-15-5-2-1-3-6-15)18-16-7-4-8-17(13-16)19-9-11-22-12-10-19/h1-8,13,18H,9-12,14H2. The third kappa shape index (κ3) is 4.46. The summed E-state index contributed by atoms with van der Waals surface area (Å²) in [4.78, 5) is 2.19. The summed E-state index contributed by atoms with van der Waals surface area (Å²) in [5.41, 5.74) is 2.36. The minimum Gasteiger partial charge on any atom is -0.378 e. The van der Waals surface area contributed by atoms with Gasteiger partial charge in [-0.05, 0) is 23.8 Å². The predicted molar refractivity (Wildman–Crippen MR) is 92.2 cm³/mol. The van der Waals surface area contributed by atoms with Crippen LogP contribution in [0.4, 0.5) is 11.4 Å². The molecule has 1 aliphatic heterocycles. The average molecular weight is 332 g/mol. The summed E-state index contributed by atoms with van der Waals surface area (Å²) in [6, 6.07) is 16.7.